The molecule has 0 saturated heterocycles. The van der Waals surface area contributed by atoms with Crippen molar-refractivity contribution in [1.29, 1.82) is 0 Å². The highest BCUT2D eigenvalue weighted by Gasteiger charge is 2.31. The molecule has 4 nitrogen and oxygen atoms in total. The van der Waals surface area contributed by atoms with E-state index in [-0.39, 0.29) is 24.1 Å². The number of aliphatic hydroxyl groups is 1. The predicted molar refractivity (Wildman–Crippen MR) is 61.7 cm³/mol. The van der Waals surface area contributed by atoms with Crippen LogP contribution in [0.3, 0.4) is 0 Å². The van der Waals surface area contributed by atoms with Crippen LogP contribution in [0, 0.1) is 5.92 Å². The van der Waals surface area contributed by atoms with Gasteiger partial charge >= 0.3 is 0 Å². The Kier molecular flexibility index (Phi) is 3.82. The Morgan fingerprint density at radius 1 is 1.31 bits per heavy atom. The summed E-state index contributed by atoms with van der Waals surface area (Å²) < 4.78 is 0. The van der Waals surface area contributed by atoms with Crippen LogP contribution in [-0.2, 0) is 4.79 Å². The zero-order valence-corrected chi connectivity index (χ0v) is 9.69. The van der Waals surface area contributed by atoms with Crippen molar-refractivity contribution in [3.8, 4) is 0 Å². The van der Waals surface area contributed by atoms with Gasteiger partial charge in [-0.2, -0.15) is 0 Å². The van der Waals surface area contributed by atoms with Gasteiger partial charge in [0.1, 0.15) is 0 Å². The van der Waals surface area contributed by atoms with E-state index < -0.39 is 0 Å². The molecule has 2 saturated carbocycles. The molecule has 4 heteroatoms. The Balaban J connectivity index is 1.72. The summed E-state index contributed by atoms with van der Waals surface area (Å²) in [5.41, 5.74) is 5.90. The van der Waals surface area contributed by atoms with E-state index in [1.807, 2.05) is 0 Å². The number of nitrogens with one attached hydrogen (secondary N) is 1. The second kappa shape index (κ2) is 5.15. The summed E-state index contributed by atoms with van der Waals surface area (Å²) in [6, 6.07) is -0.0339. The maximum atomic E-state index is 11.7. The molecule has 0 aromatic carbocycles. The van der Waals surface area contributed by atoms with E-state index in [0.717, 1.165) is 25.7 Å². The highest BCUT2D eigenvalue weighted by molar-refractivity contribution is 5.77. The standard InChI is InChI=1S/C12H22N2O2/c13-9(8-5-6-8)7-12(16)14-10-3-1-2-4-11(10)15/h8-11,15H,1-7,13H2,(H,14,16)/t9?,10-,11-/m0/s1. The fourth-order valence-electron chi connectivity index (χ4n) is 2.45. The number of hydrogen-bond acceptors (Lipinski definition) is 3. The van der Waals surface area contributed by atoms with Crippen molar-refractivity contribution in [1.82, 2.24) is 5.32 Å². The number of carbonyl (C=O) groups excluding carboxylic acids is 1. The average molecular weight is 226 g/mol. The second-order valence-electron chi connectivity index (χ2n) is 5.23. The summed E-state index contributed by atoms with van der Waals surface area (Å²) in [7, 11) is 0. The molecule has 0 bridgehead atoms. The smallest absolute Gasteiger partial charge is 0.221 e. The summed E-state index contributed by atoms with van der Waals surface area (Å²) in [6.45, 7) is 0. The van der Waals surface area contributed by atoms with Crippen LogP contribution in [0.5, 0.6) is 0 Å². The van der Waals surface area contributed by atoms with Crippen molar-refractivity contribution in [3.63, 3.8) is 0 Å². The SMILES string of the molecule is NC(CC(=O)N[C@H]1CCCC[C@@H]1O)C1CC1. The van der Waals surface area contributed by atoms with Crippen molar-refractivity contribution in [2.75, 3.05) is 0 Å². The van der Waals surface area contributed by atoms with Gasteiger partial charge in [0.2, 0.25) is 5.91 Å². The van der Waals surface area contributed by atoms with Gasteiger partial charge in [-0.25, -0.2) is 0 Å². The molecule has 0 aromatic heterocycles. The molecule has 2 fully saturated rings. The normalized spacial score (nSPS) is 32.1. The van der Waals surface area contributed by atoms with Crippen LogP contribution in [0.2, 0.25) is 0 Å². The minimum atomic E-state index is -0.366. The third-order valence-corrected chi connectivity index (χ3v) is 3.72. The molecule has 2 rings (SSSR count). The first-order chi connectivity index (χ1) is 7.66. The topological polar surface area (TPSA) is 75.4 Å². The molecular formula is C12H22N2O2. The van der Waals surface area contributed by atoms with Crippen molar-refractivity contribution >= 4 is 5.91 Å². The highest BCUT2D eigenvalue weighted by Crippen LogP contribution is 2.32. The summed E-state index contributed by atoms with van der Waals surface area (Å²) >= 11 is 0. The predicted octanol–water partition coefficient (Wildman–Crippen LogP) is 0.533. The molecule has 0 radical (unpaired) electrons. The number of hydrogen-bond donors (Lipinski definition) is 3. The summed E-state index contributed by atoms with van der Waals surface area (Å²) in [4.78, 5) is 11.7. The van der Waals surface area contributed by atoms with Crippen molar-refractivity contribution in [2.24, 2.45) is 11.7 Å². The molecule has 1 unspecified atom stereocenters. The fourth-order valence-corrected chi connectivity index (χ4v) is 2.45. The maximum Gasteiger partial charge on any atom is 0.221 e. The summed E-state index contributed by atoms with van der Waals surface area (Å²) in [5.74, 6) is 0.562. The quantitative estimate of drug-likeness (QED) is 0.654. The molecule has 2 aliphatic rings. The molecule has 92 valence electrons. The number of amides is 1. The molecule has 2 aliphatic carbocycles. The molecular weight excluding hydrogens is 204 g/mol. The lowest BCUT2D eigenvalue weighted by Gasteiger charge is -2.28. The number of aliphatic hydroxyl groups excluding tert-OH is 1. The third kappa shape index (κ3) is 3.19. The first-order valence-electron chi connectivity index (χ1n) is 6.40. The van der Waals surface area contributed by atoms with Crippen molar-refractivity contribution < 1.29 is 9.90 Å². The van der Waals surface area contributed by atoms with Gasteiger partial charge in [-0.05, 0) is 31.6 Å². The lowest BCUT2D eigenvalue weighted by Crippen LogP contribution is -2.46. The Bertz CT molecular complexity index is 253. The van der Waals surface area contributed by atoms with Crippen LogP contribution in [0.15, 0.2) is 0 Å². The van der Waals surface area contributed by atoms with E-state index in [1.165, 1.54) is 12.8 Å². The molecule has 3 atom stereocenters. The Morgan fingerprint density at radius 2 is 2.00 bits per heavy atom. The van der Waals surface area contributed by atoms with Crippen molar-refractivity contribution in [2.45, 2.75) is 63.1 Å². The second-order valence-corrected chi connectivity index (χ2v) is 5.23. The summed E-state index contributed by atoms with van der Waals surface area (Å²) in [6.07, 6.45) is 6.24. The highest BCUT2D eigenvalue weighted by atomic mass is 16.3. The molecule has 1 amide bonds. The monoisotopic (exact) mass is 226 g/mol. The number of rotatable bonds is 4. The zero-order chi connectivity index (χ0) is 11.5. The van der Waals surface area contributed by atoms with Crippen molar-refractivity contribution in [3.05, 3.63) is 0 Å². The third-order valence-electron chi connectivity index (χ3n) is 3.72. The van der Waals surface area contributed by atoms with Crippen LogP contribution in [0.1, 0.15) is 44.9 Å². The van der Waals surface area contributed by atoms with Gasteiger partial charge in [0.05, 0.1) is 12.1 Å². The van der Waals surface area contributed by atoms with E-state index >= 15 is 0 Å². The van der Waals surface area contributed by atoms with Crippen LogP contribution >= 0.6 is 0 Å². The molecule has 0 aliphatic heterocycles. The first kappa shape index (κ1) is 11.9. The van der Waals surface area contributed by atoms with E-state index in [9.17, 15) is 9.90 Å². The maximum absolute atomic E-state index is 11.7. The van der Waals surface area contributed by atoms with Crippen LogP contribution in [0.4, 0.5) is 0 Å². The molecule has 16 heavy (non-hydrogen) atoms. The van der Waals surface area contributed by atoms with Crippen LogP contribution in [-0.4, -0.2) is 29.2 Å². The Morgan fingerprint density at radius 3 is 2.62 bits per heavy atom. The van der Waals surface area contributed by atoms with E-state index in [4.69, 9.17) is 5.73 Å². The molecule has 0 spiro atoms. The number of nitrogens with two attached hydrogens (primary N) is 1. The van der Waals surface area contributed by atoms with Gasteiger partial charge in [0.25, 0.3) is 0 Å². The van der Waals surface area contributed by atoms with Crippen LogP contribution < -0.4 is 11.1 Å². The van der Waals surface area contributed by atoms with Gasteiger partial charge in [0, 0.05) is 12.5 Å². The first-order valence-corrected chi connectivity index (χ1v) is 6.40. The van der Waals surface area contributed by atoms with Crippen LogP contribution in [0.25, 0.3) is 0 Å². The van der Waals surface area contributed by atoms with Gasteiger partial charge in [-0.15, -0.1) is 0 Å². The minimum Gasteiger partial charge on any atom is -0.391 e. The molecule has 0 heterocycles. The molecule has 4 N–H and O–H groups in total. The zero-order valence-electron chi connectivity index (χ0n) is 9.69. The van der Waals surface area contributed by atoms with Gasteiger partial charge in [0.15, 0.2) is 0 Å². The Hall–Kier alpha value is -0.610. The lowest BCUT2D eigenvalue weighted by molar-refractivity contribution is -0.123. The number of carbonyl (C=O) groups is 1. The Labute approximate surface area is 96.6 Å². The fraction of sp³-hybridized carbons (Fsp3) is 0.917. The van der Waals surface area contributed by atoms with E-state index in [2.05, 4.69) is 5.32 Å². The lowest BCUT2D eigenvalue weighted by atomic mass is 9.92. The van der Waals surface area contributed by atoms with E-state index in [1.54, 1.807) is 0 Å². The largest absolute Gasteiger partial charge is 0.391 e. The van der Waals surface area contributed by atoms with Gasteiger partial charge in [-0.1, -0.05) is 12.8 Å². The minimum absolute atomic E-state index is 0.00495. The average Bonchev–Trinajstić information content (AvgIpc) is 3.04. The van der Waals surface area contributed by atoms with Gasteiger partial charge in [-0.3, -0.25) is 4.79 Å². The van der Waals surface area contributed by atoms with Gasteiger partial charge < -0.3 is 16.2 Å². The molecule has 0 aromatic rings. The summed E-state index contributed by atoms with van der Waals surface area (Å²) in [5, 5.41) is 12.6. The van der Waals surface area contributed by atoms with E-state index in [0.29, 0.717) is 12.3 Å².